The van der Waals surface area contributed by atoms with E-state index < -0.39 is 72.9 Å². The predicted octanol–water partition coefficient (Wildman–Crippen LogP) is -0.783. The van der Waals surface area contributed by atoms with Gasteiger partial charge in [-0.05, 0) is 82.0 Å². The molecule has 0 spiro atoms. The summed E-state index contributed by atoms with van der Waals surface area (Å²) >= 11 is 5.97. The van der Waals surface area contributed by atoms with Crippen LogP contribution in [0.5, 0.6) is 0 Å². The van der Waals surface area contributed by atoms with Crippen molar-refractivity contribution in [3.8, 4) is 11.1 Å². The molecule has 53 heavy (non-hydrogen) atoms. The molecule has 1 heterocycles. The second-order valence-corrected chi connectivity index (χ2v) is 13.2. The molecule has 0 aliphatic carbocycles. The molecule has 1 saturated heterocycles. The Labute approximate surface area is 315 Å². The van der Waals surface area contributed by atoms with Crippen LogP contribution in [-0.4, -0.2) is 117 Å². The van der Waals surface area contributed by atoms with Crippen LogP contribution in [0.2, 0.25) is 5.02 Å². The van der Waals surface area contributed by atoms with E-state index in [0.29, 0.717) is 50.7 Å². The number of unbranched alkanes of at least 4 members (excludes halogenated alkanes) is 1. The van der Waals surface area contributed by atoms with Crippen molar-refractivity contribution in [1.82, 2.24) is 31.9 Å². The van der Waals surface area contributed by atoms with Gasteiger partial charge in [0.15, 0.2) is 0 Å². The Balaban J connectivity index is 1.58. The highest BCUT2D eigenvalue weighted by atomic mass is 35.5. The average Bonchev–Trinajstić information content (AvgIpc) is 3.12. The zero-order chi connectivity index (χ0) is 38.9. The fourth-order valence-electron chi connectivity index (χ4n) is 5.36. The van der Waals surface area contributed by atoms with E-state index in [1.165, 1.54) is 13.8 Å². The Bertz CT molecular complexity index is 1500. The van der Waals surface area contributed by atoms with Crippen molar-refractivity contribution < 1.29 is 38.4 Å². The van der Waals surface area contributed by atoms with Gasteiger partial charge in [-0.25, -0.2) is 0 Å². The highest BCUT2D eigenvalue weighted by Gasteiger charge is 2.34. The number of amides is 5. The van der Waals surface area contributed by atoms with Crippen LogP contribution in [0.15, 0.2) is 48.5 Å². The van der Waals surface area contributed by atoms with Gasteiger partial charge in [-0.15, -0.1) is 0 Å². The largest absolute Gasteiger partial charge is 0.480 e. The SMILES string of the molecule is C[C@H](NC(=O)[C@H](CCCCN)NC(=O)[C@H](C)NC(=O)[C@@H](NC(=O)[C@H](CN)NC(=O)c1ccc(-c2ccc(Cl)cc2)cc1)[C@@H](C)O)B1OCCNCCO1. The third-order valence-corrected chi connectivity index (χ3v) is 8.73. The van der Waals surface area contributed by atoms with Crippen molar-refractivity contribution in [3.05, 3.63) is 59.1 Å². The van der Waals surface area contributed by atoms with Gasteiger partial charge in [-0.2, -0.15) is 0 Å². The first kappa shape index (κ1) is 43.3. The van der Waals surface area contributed by atoms with Gasteiger partial charge in [-0.1, -0.05) is 35.9 Å². The summed E-state index contributed by atoms with van der Waals surface area (Å²) in [6, 6.07) is 9.00. The molecule has 11 N–H and O–H groups in total. The van der Waals surface area contributed by atoms with Gasteiger partial charge in [0.1, 0.15) is 24.2 Å². The van der Waals surface area contributed by atoms with Gasteiger partial charge in [0.25, 0.3) is 5.91 Å². The number of nitrogens with one attached hydrogen (secondary N) is 6. The number of carbonyl (C=O) groups excluding carboxylic acids is 5. The number of aliphatic hydroxyl groups is 1. The van der Waals surface area contributed by atoms with Gasteiger partial charge < -0.3 is 57.8 Å². The number of benzene rings is 2. The van der Waals surface area contributed by atoms with Gasteiger partial charge in [-0.3, -0.25) is 24.0 Å². The number of aliphatic hydroxyl groups excluding tert-OH is 1. The van der Waals surface area contributed by atoms with Gasteiger partial charge in [0.05, 0.1) is 12.0 Å². The van der Waals surface area contributed by atoms with Crippen molar-refractivity contribution in [2.24, 2.45) is 11.5 Å². The predicted molar refractivity (Wildman–Crippen MR) is 201 cm³/mol. The quantitative estimate of drug-likeness (QED) is 0.0674. The van der Waals surface area contributed by atoms with Crippen LogP contribution in [0.3, 0.4) is 0 Å². The Kier molecular flexibility index (Phi) is 18.1. The van der Waals surface area contributed by atoms with E-state index in [2.05, 4.69) is 31.9 Å². The first-order valence-electron chi connectivity index (χ1n) is 17.7. The number of hydrogen-bond acceptors (Lipinski definition) is 11. The number of carbonyl (C=O) groups is 5. The van der Waals surface area contributed by atoms with E-state index in [-0.39, 0.29) is 18.5 Å². The molecule has 2 aromatic carbocycles. The summed E-state index contributed by atoms with van der Waals surface area (Å²) in [5, 5.41) is 27.1. The van der Waals surface area contributed by atoms with E-state index >= 15 is 0 Å². The third kappa shape index (κ3) is 14.0. The lowest BCUT2D eigenvalue weighted by atomic mass is 9.79. The molecule has 0 bridgehead atoms. The van der Waals surface area contributed by atoms with E-state index in [1.54, 1.807) is 43.3 Å². The summed E-state index contributed by atoms with van der Waals surface area (Å²) in [6.45, 7) is 6.61. The Morgan fingerprint density at radius 1 is 0.774 bits per heavy atom. The summed E-state index contributed by atoms with van der Waals surface area (Å²) in [4.78, 5) is 65.9. The standard InChI is InChI=1S/C35H52BClN8O8/c1-21(31(47)43-28(6-4-5-15-38)33(49)42-23(3)36-52-18-16-40-17-19-53-36)41-35(51)30(22(2)46)45-34(50)29(20-39)44-32(48)26-9-7-24(8-10-26)25-11-13-27(37)14-12-25/h7-14,21-23,28-30,40,46H,4-6,15-20,38-39H2,1-3H3,(H,41,51)(H,42,49)(H,43,47)(H,44,48)(H,45,50)/t21-,22+,23-,28-,29-,30-/m0/s1. The molecule has 3 rings (SSSR count). The van der Waals surface area contributed by atoms with Gasteiger partial charge in [0, 0.05) is 43.4 Å². The molecule has 18 heteroatoms. The summed E-state index contributed by atoms with van der Waals surface area (Å²) < 4.78 is 11.4. The van der Waals surface area contributed by atoms with Gasteiger partial charge >= 0.3 is 7.12 Å². The van der Waals surface area contributed by atoms with E-state index in [1.807, 2.05) is 12.1 Å². The lowest BCUT2D eigenvalue weighted by Gasteiger charge is -2.27. The summed E-state index contributed by atoms with van der Waals surface area (Å²) in [6.07, 6.45) is 0.0627. The van der Waals surface area contributed by atoms with Crippen LogP contribution >= 0.6 is 11.6 Å². The Hall–Kier alpha value is -4.10. The minimum Gasteiger partial charge on any atom is -0.409 e. The molecule has 290 valence electrons. The van der Waals surface area contributed by atoms with Crippen molar-refractivity contribution in [2.75, 3.05) is 39.4 Å². The van der Waals surface area contributed by atoms with Crippen LogP contribution in [0.25, 0.3) is 11.1 Å². The maximum atomic E-state index is 13.3. The molecule has 2 aromatic rings. The molecular formula is C35H52BClN8O8. The smallest absolute Gasteiger partial charge is 0.409 e. The van der Waals surface area contributed by atoms with Crippen LogP contribution < -0.4 is 43.4 Å². The maximum absolute atomic E-state index is 13.3. The fourth-order valence-corrected chi connectivity index (χ4v) is 5.49. The van der Waals surface area contributed by atoms with Crippen molar-refractivity contribution in [2.45, 2.75) is 76.2 Å². The molecule has 1 fully saturated rings. The highest BCUT2D eigenvalue weighted by molar-refractivity contribution is 6.46. The number of rotatable bonds is 18. The highest BCUT2D eigenvalue weighted by Crippen LogP contribution is 2.22. The average molecular weight is 759 g/mol. The third-order valence-electron chi connectivity index (χ3n) is 8.48. The molecule has 1 aliphatic rings. The topological polar surface area (TPSA) is 248 Å². The lowest BCUT2D eigenvalue weighted by Crippen LogP contribution is -2.61. The van der Waals surface area contributed by atoms with Crippen LogP contribution in [0, 0.1) is 0 Å². The second-order valence-electron chi connectivity index (χ2n) is 12.8. The molecule has 0 radical (unpaired) electrons. The molecular weight excluding hydrogens is 707 g/mol. The fraction of sp³-hybridized carbons (Fsp3) is 0.514. The molecule has 16 nitrogen and oxygen atoms in total. The van der Waals surface area contributed by atoms with Crippen molar-refractivity contribution in [3.63, 3.8) is 0 Å². The molecule has 1 aliphatic heterocycles. The summed E-state index contributed by atoms with van der Waals surface area (Å²) in [5.74, 6) is -3.94. The van der Waals surface area contributed by atoms with E-state index in [0.717, 1.165) is 11.1 Å². The lowest BCUT2D eigenvalue weighted by molar-refractivity contribution is -0.135. The number of nitrogens with two attached hydrogens (primary N) is 2. The molecule has 0 saturated carbocycles. The first-order valence-corrected chi connectivity index (χ1v) is 18.1. The van der Waals surface area contributed by atoms with Crippen molar-refractivity contribution in [1.29, 1.82) is 0 Å². The van der Waals surface area contributed by atoms with Crippen LogP contribution in [-0.2, 0) is 28.5 Å². The molecule has 6 atom stereocenters. The number of halogens is 1. The van der Waals surface area contributed by atoms with Crippen LogP contribution in [0.4, 0.5) is 0 Å². The maximum Gasteiger partial charge on any atom is 0.480 e. The zero-order valence-corrected chi connectivity index (χ0v) is 31.1. The van der Waals surface area contributed by atoms with Crippen molar-refractivity contribution >= 4 is 48.3 Å². The van der Waals surface area contributed by atoms with E-state index in [4.69, 9.17) is 32.4 Å². The monoisotopic (exact) mass is 758 g/mol. The van der Waals surface area contributed by atoms with E-state index in [9.17, 15) is 29.1 Å². The normalized spacial score (nSPS) is 16.7. The summed E-state index contributed by atoms with van der Waals surface area (Å²) in [7, 11) is -0.674. The second kappa shape index (κ2) is 22.2. The minimum atomic E-state index is -1.51. The molecule has 0 aromatic heterocycles. The molecule has 0 unspecified atom stereocenters. The van der Waals surface area contributed by atoms with Gasteiger partial charge in [0.2, 0.25) is 23.6 Å². The number of hydrogen-bond donors (Lipinski definition) is 9. The Morgan fingerprint density at radius 3 is 1.92 bits per heavy atom. The van der Waals surface area contributed by atoms with Crippen LogP contribution in [0.1, 0.15) is 50.4 Å². The summed E-state index contributed by atoms with van der Waals surface area (Å²) in [5.41, 5.74) is 13.5. The first-order chi connectivity index (χ1) is 25.3. The zero-order valence-electron chi connectivity index (χ0n) is 30.4. The minimum absolute atomic E-state index is 0.266. The molecule has 5 amide bonds. The Morgan fingerprint density at radius 2 is 1.36 bits per heavy atom.